The molecule has 0 spiro atoms. The number of nitrogens with zero attached hydrogens (tertiary/aromatic N) is 1. The fourth-order valence-corrected chi connectivity index (χ4v) is 6.39. The quantitative estimate of drug-likeness (QED) is 0.317. The van der Waals surface area contributed by atoms with Crippen molar-refractivity contribution in [3.63, 3.8) is 0 Å². The maximum Gasteiger partial charge on any atom is 0.256 e. The summed E-state index contributed by atoms with van der Waals surface area (Å²) in [6, 6.07) is 15.4. The number of hydrogen-bond donors (Lipinski definition) is 1. The summed E-state index contributed by atoms with van der Waals surface area (Å²) in [6.45, 7) is 0.254. The molecule has 1 amide bonds. The molecule has 37 heavy (non-hydrogen) atoms. The van der Waals surface area contributed by atoms with Crippen LogP contribution in [-0.2, 0) is 19.4 Å². The van der Waals surface area contributed by atoms with E-state index in [1.165, 1.54) is 43.4 Å². The summed E-state index contributed by atoms with van der Waals surface area (Å²) in [5.41, 5.74) is 3.04. The predicted molar refractivity (Wildman–Crippen MR) is 153 cm³/mol. The van der Waals surface area contributed by atoms with E-state index in [9.17, 15) is 10.1 Å². The summed E-state index contributed by atoms with van der Waals surface area (Å²) < 4.78 is 12.3. The van der Waals surface area contributed by atoms with Gasteiger partial charge in [0.05, 0.1) is 17.1 Å². The molecular weight excluding hydrogens is 548 g/mol. The van der Waals surface area contributed by atoms with Gasteiger partial charge in [0.2, 0.25) is 0 Å². The largest absolute Gasteiger partial charge is 0.496 e. The summed E-state index contributed by atoms with van der Waals surface area (Å²) in [7, 11) is 1.60. The van der Waals surface area contributed by atoms with Crippen molar-refractivity contribution in [1.82, 2.24) is 0 Å². The first-order chi connectivity index (χ1) is 18.1. The van der Waals surface area contributed by atoms with E-state index in [-0.39, 0.29) is 12.5 Å². The van der Waals surface area contributed by atoms with Gasteiger partial charge in [-0.1, -0.05) is 50.7 Å². The average Bonchev–Trinajstić information content (AvgIpc) is 3.23. The zero-order chi connectivity index (χ0) is 26.0. The van der Waals surface area contributed by atoms with Crippen molar-refractivity contribution in [2.24, 2.45) is 0 Å². The number of nitriles is 1. The molecule has 0 aliphatic heterocycles. The Morgan fingerprint density at radius 1 is 1.00 bits per heavy atom. The van der Waals surface area contributed by atoms with Crippen LogP contribution < -0.4 is 14.8 Å². The summed E-state index contributed by atoms with van der Waals surface area (Å²) in [5.74, 6) is 1.13. The lowest BCUT2D eigenvalue weighted by Crippen LogP contribution is -2.13. The average molecular weight is 582 g/mol. The van der Waals surface area contributed by atoms with E-state index in [1.54, 1.807) is 36.6 Å². The van der Waals surface area contributed by atoms with E-state index in [0.29, 0.717) is 27.6 Å². The molecule has 194 valence electrons. The number of benzene rings is 2. The highest BCUT2D eigenvalue weighted by atomic mass is 79.9. The molecule has 1 N–H and O–H groups in total. The van der Waals surface area contributed by atoms with Gasteiger partial charge in [-0.05, 0) is 77.5 Å². The molecule has 0 atom stereocenters. The number of carbonyl (C=O) groups is 1. The second-order valence-corrected chi connectivity index (χ2v) is 11.3. The van der Waals surface area contributed by atoms with Crippen molar-refractivity contribution in [3.8, 4) is 17.6 Å². The van der Waals surface area contributed by atoms with E-state index in [0.717, 1.165) is 41.3 Å². The molecule has 0 bridgehead atoms. The molecule has 4 rings (SSSR count). The number of hydrogen-bond acceptors (Lipinski definition) is 5. The Labute approximate surface area is 231 Å². The zero-order valence-electron chi connectivity index (χ0n) is 21.3. The van der Waals surface area contributed by atoms with Gasteiger partial charge in [0.25, 0.3) is 5.91 Å². The molecule has 0 saturated heterocycles. The number of methoxy groups -OCH3 is 1. The molecule has 0 unspecified atom stereocenters. The highest BCUT2D eigenvalue weighted by molar-refractivity contribution is 9.10. The lowest BCUT2D eigenvalue weighted by molar-refractivity contribution is 0.102. The number of thiophene rings is 1. The van der Waals surface area contributed by atoms with Crippen molar-refractivity contribution in [2.45, 2.75) is 70.8 Å². The van der Waals surface area contributed by atoms with Gasteiger partial charge in [-0.25, -0.2) is 0 Å². The molecule has 7 heteroatoms. The third-order valence-corrected chi connectivity index (χ3v) is 8.63. The maximum absolute atomic E-state index is 13.3. The molecular formula is C30H33BrN2O3S. The molecule has 0 fully saturated rings. The van der Waals surface area contributed by atoms with Crippen molar-refractivity contribution in [1.29, 1.82) is 5.26 Å². The molecule has 1 aliphatic carbocycles. The van der Waals surface area contributed by atoms with Gasteiger partial charge >= 0.3 is 0 Å². The van der Waals surface area contributed by atoms with Gasteiger partial charge in [-0.2, -0.15) is 5.26 Å². The first kappa shape index (κ1) is 27.2. The van der Waals surface area contributed by atoms with Gasteiger partial charge in [-0.15, -0.1) is 11.3 Å². The second kappa shape index (κ2) is 13.6. The highest BCUT2D eigenvalue weighted by Crippen LogP contribution is 2.36. The summed E-state index contributed by atoms with van der Waals surface area (Å²) >= 11 is 5.07. The minimum atomic E-state index is -0.237. The topological polar surface area (TPSA) is 71.3 Å². The molecule has 0 saturated carbocycles. The fraction of sp³-hybridized carbons (Fsp3) is 0.400. The molecule has 1 heterocycles. The SMILES string of the molecule is COc1ccc(C(=O)Nc2sc3c(c2C#N)CCCCCCCCCC3)cc1COc1ccccc1Br. The van der Waals surface area contributed by atoms with Gasteiger partial charge < -0.3 is 14.8 Å². The van der Waals surface area contributed by atoms with Crippen LogP contribution in [0, 0.1) is 11.3 Å². The van der Waals surface area contributed by atoms with Gasteiger partial charge in [0, 0.05) is 16.0 Å². The van der Waals surface area contributed by atoms with Crippen LogP contribution in [0.3, 0.4) is 0 Å². The number of halogens is 1. The minimum Gasteiger partial charge on any atom is -0.496 e. The van der Waals surface area contributed by atoms with Crippen molar-refractivity contribution in [3.05, 3.63) is 74.1 Å². The van der Waals surface area contributed by atoms with Gasteiger partial charge in [0.1, 0.15) is 29.2 Å². The van der Waals surface area contributed by atoms with Crippen LogP contribution in [0.1, 0.15) is 83.3 Å². The molecule has 5 nitrogen and oxygen atoms in total. The minimum absolute atomic E-state index is 0.237. The Morgan fingerprint density at radius 2 is 1.70 bits per heavy atom. The number of carbonyl (C=O) groups excluding carboxylic acids is 1. The maximum atomic E-state index is 13.3. The molecule has 1 aromatic heterocycles. The Bertz CT molecular complexity index is 1260. The lowest BCUT2D eigenvalue weighted by atomic mass is 9.98. The van der Waals surface area contributed by atoms with Gasteiger partial charge in [-0.3, -0.25) is 4.79 Å². The van der Waals surface area contributed by atoms with Crippen LogP contribution in [0.2, 0.25) is 0 Å². The first-order valence-electron chi connectivity index (χ1n) is 13.0. The third kappa shape index (κ3) is 7.15. The zero-order valence-corrected chi connectivity index (χ0v) is 23.7. The number of rotatable bonds is 6. The van der Waals surface area contributed by atoms with Crippen LogP contribution in [0.25, 0.3) is 0 Å². The number of fused-ring (bicyclic) bond motifs is 1. The Hall–Kier alpha value is -2.82. The third-order valence-electron chi connectivity index (χ3n) is 6.77. The van der Waals surface area contributed by atoms with E-state index < -0.39 is 0 Å². The van der Waals surface area contributed by atoms with E-state index in [2.05, 4.69) is 27.3 Å². The number of ether oxygens (including phenoxy) is 2. The van der Waals surface area contributed by atoms with Crippen molar-refractivity contribution < 1.29 is 14.3 Å². The van der Waals surface area contributed by atoms with Crippen LogP contribution in [-0.4, -0.2) is 13.0 Å². The van der Waals surface area contributed by atoms with Crippen molar-refractivity contribution in [2.75, 3.05) is 12.4 Å². The van der Waals surface area contributed by atoms with E-state index >= 15 is 0 Å². The number of amides is 1. The van der Waals surface area contributed by atoms with Crippen LogP contribution in [0.4, 0.5) is 5.00 Å². The fourth-order valence-electron chi connectivity index (χ4n) is 4.76. The summed E-state index contributed by atoms with van der Waals surface area (Å²) in [5, 5.41) is 13.7. The van der Waals surface area contributed by atoms with Crippen molar-refractivity contribution >= 4 is 38.2 Å². The number of nitrogens with one attached hydrogen (secondary N) is 1. The lowest BCUT2D eigenvalue weighted by Gasteiger charge is -2.13. The van der Waals surface area contributed by atoms with E-state index in [4.69, 9.17) is 9.47 Å². The number of aryl methyl sites for hydroxylation is 1. The summed E-state index contributed by atoms with van der Waals surface area (Å²) in [4.78, 5) is 14.6. The standard InChI is InChI=1S/C30H33BrN2O3S/c1-35-26-17-16-21(18-22(26)20-36-27-14-11-10-13-25(27)31)29(34)33-30-24(19-32)23-12-8-6-4-2-3-5-7-9-15-28(23)37-30/h10-11,13-14,16-18H,2-9,12,15,20H2,1H3,(H,33,34). The van der Waals surface area contributed by atoms with Crippen LogP contribution >= 0.6 is 27.3 Å². The first-order valence-corrected chi connectivity index (χ1v) is 14.6. The number of para-hydroxylation sites is 1. The molecule has 2 aromatic carbocycles. The smallest absolute Gasteiger partial charge is 0.256 e. The number of anilines is 1. The Balaban J connectivity index is 1.53. The molecule has 0 radical (unpaired) electrons. The molecule has 3 aromatic rings. The normalized spacial score (nSPS) is 14.4. The monoisotopic (exact) mass is 580 g/mol. The van der Waals surface area contributed by atoms with Crippen LogP contribution in [0.5, 0.6) is 11.5 Å². The Kier molecular flexibility index (Phi) is 10.0. The predicted octanol–water partition coefficient (Wildman–Crippen LogP) is 8.44. The second-order valence-electron chi connectivity index (χ2n) is 9.35. The summed E-state index contributed by atoms with van der Waals surface area (Å²) in [6.07, 6.45) is 11.7. The van der Waals surface area contributed by atoms with Gasteiger partial charge in [0.15, 0.2) is 0 Å². The van der Waals surface area contributed by atoms with Crippen LogP contribution in [0.15, 0.2) is 46.9 Å². The Morgan fingerprint density at radius 3 is 2.41 bits per heavy atom. The van der Waals surface area contributed by atoms with E-state index in [1.807, 2.05) is 24.3 Å². The molecule has 1 aliphatic rings. The highest BCUT2D eigenvalue weighted by Gasteiger charge is 2.21.